The number of methoxy groups -OCH3 is 1. The predicted molar refractivity (Wildman–Crippen MR) is 100 cm³/mol. The van der Waals surface area contributed by atoms with Gasteiger partial charge in [-0.3, -0.25) is 14.4 Å². The molecule has 3 amide bonds. The highest BCUT2D eigenvalue weighted by Crippen LogP contribution is 2.27. The van der Waals surface area contributed by atoms with Crippen molar-refractivity contribution in [3.63, 3.8) is 0 Å². The first-order valence-electron chi connectivity index (χ1n) is 9.68. The zero-order valence-corrected chi connectivity index (χ0v) is 16.0. The van der Waals surface area contributed by atoms with E-state index in [1.54, 1.807) is 4.90 Å². The molecule has 0 bridgehead atoms. The number of hydrogen-bond acceptors (Lipinski definition) is 4. The summed E-state index contributed by atoms with van der Waals surface area (Å²) in [5.74, 6) is -0.725. The Kier molecular flexibility index (Phi) is 6.49. The van der Waals surface area contributed by atoms with Crippen molar-refractivity contribution in [3.05, 3.63) is 29.6 Å². The van der Waals surface area contributed by atoms with Gasteiger partial charge in [-0.2, -0.15) is 0 Å². The highest BCUT2D eigenvalue weighted by molar-refractivity contribution is 5.94. The topological polar surface area (TPSA) is 87.7 Å². The molecule has 152 valence electrons. The summed E-state index contributed by atoms with van der Waals surface area (Å²) in [6.07, 6.45) is 3.18. The highest BCUT2D eigenvalue weighted by Gasteiger charge is 2.31. The quantitative estimate of drug-likeness (QED) is 0.814. The van der Waals surface area contributed by atoms with Crippen LogP contribution in [0.15, 0.2) is 18.2 Å². The minimum atomic E-state index is -0.511. The van der Waals surface area contributed by atoms with Crippen LogP contribution < -0.4 is 15.4 Å². The second-order valence-corrected chi connectivity index (χ2v) is 7.30. The molecule has 8 heteroatoms. The normalized spacial score (nSPS) is 22.8. The molecular weight excluding hydrogens is 365 g/mol. The van der Waals surface area contributed by atoms with Gasteiger partial charge in [0.2, 0.25) is 11.8 Å². The molecule has 2 N–H and O–H groups in total. The number of benzene rings is 1. The van der Waals surface area contributed by atoms with E-state index in [2.05, 4.69) is 10.6 Å². The van der Waals surface area contributed by atoms with E-state index in [0.717, 1.165) is 0 Å². The van der Waals surface area contributed by atoms with Gasteiger partial charge in [-0.25, -0.2) is 4.39 Å². The zero-order chi connectivity index (χ0) is 20.1. The second-order valence-electron chi connectivity index (χ2n) is 7.30. The maximum Gasteiger partial charge on any atom is 0.251 e. The Labute approximate surface area is 163 Å². The molecule has 1 aliphatic carbocycles. The van der Waals surface area contributed by atoms with Crippen molar-refractivity contribution in [3.8, 4) is 5.75 Å². The summed E-state index contributed by atoms with van der Waals surface area (Å²) < 4.78 is 18.4. The average molecular weight is 391 g/mol. The van der Waals surface area contributed by atoms with Crippen LogP contribution >= 0.6 is 0 Å². The highest BCUT2D eigenvalue weighted by atomic mass is 19.1. The largest absolute Gasteiger partial charge is 0.494 e. The fourth-order valence-corrected chi connectivity index (χ4v) is 3.80. The Balaban J connectivity index is 1.50. The molecule has 1 saturated heterocycles. The molecule has 1 aromatic rings. The van der Waals surface area contributed by atoms with Crippen LogP contribution in [0.5, 0.6) is 5.75 Å². The molecule has 0 radical (unpaired) electrons. The molecule has 1 saturated carbocycles. The summed E-state index contributed by atoms with van der Waals surface area (Å²) in [4.78, 5) is 38.3. The van der Waals surface area contributed by atoms with Crippen LogP contribution in [0.3, 0.4) is 0 Å². The minimum Gasteiger partial charge on any atom is -0.494 e. The van der Waals surface area contributed by atoms with Crippen LogP contribution in [0.1, 0.15) is 42.5 Å². The van der Waals surface area contributed by atoms with E-state index in [1.165, 1.54) is 25.3 Å². The van der Waals surface area contributed by atoms with E-state index >= 15 is 0 Å². The summed E-state index contributed by atoms with van der Waals surface area (Å²) in [6, 6.07) is 4.01. The van der Waals surface area contributed by atoms with Gasteiger partial charge in [-0.05, 0) is 43.9 Å². The van der Waals surface area contributed by atoms with Gasteiger partial charge in [-0.15, -0.1) is 0 Å². The van der Waals surface area contributed by atoms with Gasteiger partial charge in [-0.1, -0.05) is 0 Å². The summed E-state index contributed by atoms with van der Waals surface area (Å²) in [5.41, 5.74) is 0.346. The molecule has 0 atom stereocenters. The van der Waals surface area contributed by atoms with Crippen molar-refractivity contribution in [1.29, 1.82) is 0 Å². The number of amides is 3. The molecule has 0 unspecified atom stereocenters. The number of carbonyl (C=O) groups is 3. The lowest BCUT2D eigenvalue weighted by Gasteiger charge is -2.31. The van der Waals surface area contributed by atoms with Crippen LogP contribution in [0.4, 0.5) is 4.39 Å². The van der Waals surface area contributed by atoms with Crippen LogP contribution in [-0.2, 0) is 9.59 Å². The third kappa shape index (κ3) is 4.79. The van der Waals surface area contributed by atoms with E-state index in [9.17, 15) is 18.8 Å². The first-order chi connectivity index (χ1) is 13.5. The van der Waals surface area contributed by atoms with Gasteiger partial charge in [0, 0.05) is 43.6 Å². The van der Waals surface area contributed by atoms with Crippen LogP contribution in [0, 0.1) is 11.7 Å². The van der Waals surface area contributed by atoms with Gasteiger partial charge in [0.25, 0.3) is 5.91 Å². The lowest BCUT2D eigenvalue weighted by Crippen LogP contribution is -2.43. The van der Waals surface area contributed by atoms with Crippen molar-refractivity contribution in [1.82, 2.24) is 15.5 Å². The lowest BCUT2D eigenvalue weighted by molar-refractivity contribution is -0.136. The lowest BCUT2D eigenvalue weighted by atomic mass is 9.85. The monoisotopic (exact) mass is 391 g/mol. The number of nitrogens with zero attached hydrogens (tertiary/aromatic N) is 1. The van der Waals surface area contributed by atoms with E-state index < -0.39 is 5.82 Å². The molecule has 28 heavy (non-hydrogen) atoms. The maximum absolute atomic E-state index is 13.5. The predicted octanol–water partition coefficient (Wildman–Crippen LogP) is 1.47. The van der Waals surface area contributed by atoms with Crippen molar-refractivity contribution in [2.45, 2.75) is 38.1 Å². The zero-order valence-electron chi connectivity index (χ0n) is 16.0. The summed E-state index contributed by atoms with van der Waals surface area (Å²) in [6.45, 7) is 1.51. The van der Waals surface area contributed by atoms with Crippen molar-refractivity contribution < 1.29 is 23.5 Å². The SMILES string of the molecule is COc1cc(C(=O)NC2CCC(C(=O)N3CCNC(=O)CC3)CC2)ccc1F. The first-order valence-corrected chi connectivity index (χ1v) is 9.68. The maximum atomic E-state index is 13.5. The Bertz CT molecular complexity index is 747. The van der Waals surface area contributed by atoms with E-state index in [-0.39, 0.29) is 35.4 Å². The summed E-state index contributed by atoms with van der Waals surface area (Å²) in [7, 11) is 1.36. The molecule has 1 aliphatic heterocycles. The fourth-order valence-electron chi connectivity index (χ4n) is 3.80. The van der Waals surface area contributed by atoms with Crippen molar-refractivity contribution in [2.24, 2.45) is 5.92 Å². The Morgan fingerprint density at radius 3 is 2.68 bits per heavy atom. The molecule has 7 nitrogen and oxygen atoms in total. The number of carbonyl (C=O) groups excluding carboxylic acids is 3. The molecule has 1 aromatic carbocycles. The van der Waals surface area contributed by atoms with Gasteiger partial charge in [0.1, 0.15) is 0 Å². The minimum absolute atomic E-state index is 0.0139. The summed E-state index contributed by atoms with van der Waals surface area (Å²) in [5, 5.41) is 5.74. The first kappa shape index (κ1) is 20.1. The fraction of sp³-hybridized carbons (Fsp3) is 0.550. The Hall–Kier alpha value is -2.64. The number of rotatable bonds is 4. The third-order valence-corrected chi connectivity index (χ3v) is 5.45. The number of nitrogens with one attached hydrogen (secondary N) is 2. The van der Waals surface area contributed by atoms with Gasteiger partial charge in [0.15, 0.2) is 11.6 Å². The smallest absolute Gasteiger partial charge is 0.251 e. The van der Waals surface area contributed by atoms with Gasteiger partial charge in [0.05, 0.1) is 7.11 Å². The molecule has 0 aromatic heterocycles. The Morgan fingerprint density at radius 1 is 1.21 bits per heavy atom. The third-order valence-electron chi connectivity index (χ3n) is 5.45. The van der Waals surface area contributed by atoms with Crippen LogP contribution in [0.2, 0.25) is 0 Å². The molecule has 3 rings (SSSR count). The van der Waals surface area contributed by atoms with Gasteiger partial charge >= 0.3 is 0 Å². The van der Waals surface area contributed by atoms with Crippen molar-refractivity contribution in [2.75, 3.05) is 26.7 Å². The van der Waals surface area contributed by atoms with E-state index in [1.807, 2.05) is 0 Å². The summed E-state index contributed by atoms with van der Waals surface area (Å²) >= 11 is 0. The number of halogens is 1. The molecule has 1 heterocycles. The van der Waals surface area contributed by atoms with Gasteiger partial charge < -0.3 is 20.3 Å². The van der Waals surface area contributed by atoms with Crippen LogP contribution in [0.25, 0.3) is 0 Å². The average Bonchev–Trinajstić information content (AvgIpc) is 2.93. The van der Waals surface area contributed by atoms with E-state index in [4.69, 9.17) is 4.74 Å². The van der Waals surface area contributed by atoms with E-state index in [0.29, 0.717) is 57.3 Å². The Morgan fingerprint density at radius 2 is 1.96 bits per heavy atom. The standard InChI is InChI=1S/C20H26FN3O4/c1-28-17-12-14(4-7-16(17)21)19(26)23-15-5-2-13(3-6-15)20(27)24-10-8-18(25)22-9-11-24/h4,7,12-13,15H,2-3,5-6,8-11H2,1H3,(H,22,25)(H,23,26). The van der Waals surface area contributed by atoms with Crippen LogP contribution in [-0.4, -0.2) is 55.4 Å². The number of ether oxygens (including phenoxy) is 1. The molecule has 2 fully saturated rings. The molecular formula is C20H26FN3O4. The molecule has 2 aliphatic rings. The second kappa shape index (κ2) is 9.03. The number of hydrogen-bond donors (Lipinski definition) is 2. The molecule has 0 spiro atoms. The van der Waals surface area contributed by atoms with Crippen molar-refractivity contribution >= 4 is 17.7 Å².